The van der Waals surface area contributed by atoms with E-state index in [9.17, 15) is 34.2 Å². The first-order valence-electron chi connectivity index (χ1n) is 10.8. The first kappa shape index (κ1) is 28.4. The van der Waals surface area contributed by atoms with Gasteiger partial charge in [-0.05, 0) is 30.0 Å². The molecule has 0 heterocycles. The summed E-state index contributed by atoms with van der Waals surface area (Å²) < 4.78 is 0. The fraction of sp³-hybridized carbons (Fsp3) is 0.500. The van der Waals surface area contributed by atoms with Gasteiger partial charge in [-0.2, -0.15) is 0 Å². The van der Waals surface area contributed by atoms with Crippen LogP contribution in [-0.4, -0.2) is 69.7 Å². The zero-order valence-electron chi connectivity index (χ0n) is 19.1. The minimum absolute atomic E-state index is 0.00584. The average molecular weight is 481 g/mol. The van der Waals surface area contributed by atoms with E-state index in [0.717, 1.165) is 0 Å². The Morgan fingerprint density at radius 1 is 0.941 bits per heavy atom. The van der Waals surface area contributed by atoms with Crippen LogP contribution in [0.1, 0.15) is 38.7 Å². The van der Waals surface area contributed by atoms with Gasteiger partial charge in [0.2, 0.25) is 17.7 Å². The van der Waals surface area contributed by atoms with E-state index in [1.807, 2.05) is 0 Å². The number of aromatic hydroxyl groups is 1. The maximum absolute atomic E-state index is 12.9. The number of benzene rings is 1. The van der Waals surface area contributed by atoms with E-state index in [4.69, 9.17) is 10.8 Å². The number of carbonyl (C=O) groups excluding carboxylic acids is 3. The lowest BCUT2D eigenvalue weighted by Crippen LogP contribution is -2.57. The number of phenolic OH excluding ortho intramolecular Hbond substituents is 1. The Kier molecular flexibility index (Phi) is 11.5. The maximum Gasteiger partial charge on any atom is 0.326 e. The Morgan fingerprint density at radius 2 is 1.53 bits per heavy atom. The van der Waals surface area contributed by atoms with Gasteiger partial charge in [0.05, 0.1) is 6.54 Å². The van der Waals surface area contributed by atoms with E-state index in [1.165, 1.54) is 24.3 Å². The lowest BCUT2D eigenvalue weighted by atomic mass is 9.97. The molecule has 4 atom stereocenters. The summed E-state index contributed by atoms with van der Waals surface area (Å²) in [6.45, 7) is 3.17. The van der Waals surface area contributed by atoms with Crippen LogP contribution >= 0.6 is 0 Å². The van der Waals surface area contributed by atoms with E-state index in [1.54, 1.807) is 13.8 Å². The molecule has 0 radical (unpaired) electrons. The molecule has 1 rings (SSSR count). The Bertz CT molecular complexity index is 874. The molecule has 0 aromatic heterocycles. The third-order valence-corrected chi connectivity index (χ3v) is 5.27. The zero-order chi connectivity index (χ0) is 25.8. The fourth-order valence-electron chi connectivity index (χ4n) is 3.07. The van der Waals surface area contributed by atoms with Crippen molar-refractivity contribution in [3.8, 4) is 5.75 Å². The Hall–Kier alpha value is -3.67. The van der Waals surface area contributed by atoms with Crippen molar-refractivity contribution in [2.75, 3.05) is 6.54 Å². The maximum atomic E-state index is 12.9. The van der Waals surface area contributed by atoms with Crippen LogP contribution in [0.4, 0.5) is 0 Å². The van der Waals surface area contributed by atoms with Crippen LogP contribution in [-0.2, 0) is 30.4 Å². The van der Waals surface area contributed by atoms with E-state index in [2.05, 4.69) is 16.0 Å². The van der Waals surface area contributed by atoms with Gasteiger partial charge >= 0.3 is 11.9 Å². The minimum atomic E-state index is -1.37. The molecule has 12 nitrogen and oxygen atoms in total. The number of carboxylic acids is 2. The van der Waals surface area contributed by atoms with Gasteiger partial charge in [0.1, 0.15) is 23.9 Å². The van der Waals surface area contributed by atoms with Crippen molar-refractivity contribution in [3.63, 3.8) is 0 Å². The molecule has 0 saturated heterocycles. The molecular weight excluding hydrogens is 448 g/mol. The third kappa shape index (κ3) is 9.45. The quantitative estimate of drug-likeness (QED) is 0.180. The first-order chi connectivity index (χ1) is 16.0. The summed E-state index contributed by atoms with van der Waals surface area (Å²) in [5.41, 5.74) is 5.83. The van der Waals surface area contributed by atoms with Crippen molar-refractivity contribution in [2.45, 2.75) is 57.7 Å². The number of carbonyl (C=O) groups is 5. The monoisotopic (exact) mass is 480 g/mol. The highest BCUT2D eigenvalue weighted by molar-refractivity contribution is 5.94. The molecule has 0 fully saturated rings. The Morgan fingerprint density at radius 3 is 2.03 bits per heavy atom. The van der Waals surface area contributed by atoms with Gasteiger partial charge in [-0.15, -0.1) is 0 Å². The van der Waals surface area contributed by atoms with Crippen molar-refractivity contribution in [1.29, 1.82) is 0 Å². The molecule has 188 valence electrons. The largest absolute Gasteiger partial charge is 0.508 e. The Labute approximate surface area is 196 Å². The molecule has 0 bridgehead atoms. The third-order valence-electron chi connectivity index (χ3n) is 5.27. The van der Waals surface area contributed by atoms with E-state index in [-0.39, 0.29) is 31.1 Å². The second kappa shape index (κ2) is 13.8. The SMILES string of the molecule is CCC(C)C(NC(=O)CN)C(=O)NC(CCC(=O)O)C(=O)NC(Cc1ccc(O)cc1)C(=O)O. The van der Waals surface area contributed by atoms with E-state index >= 15 is 0 Å². The topological polar surface area (TPSA) is 208 Å². The normalized spacial score (nSPS) is 14.2. The molecule has 0 aliphatic heterocycles. The van der Waals surface area contributed by atoms with Crippen molar-refractivity contribution in [3.05, 3.63) is 29.8 Å². The second-order valence-corrected chi connectivity index (χ2v) is 7.90. The predicted octanol–water partition coefficient (Wildman–Crippen LogP) is -0.657. The van der Waals surface area contributed by atoms with Crippen LogP contribution in [0.25, 0.3) is 0 Å². The lowest BCUT2D eigenvalue weighted by Gasteiger charge is -2.27. The van der Waals surface area contributed by atoms with Crippen LogP contribution in [0.3, 0.4) is 0 Å². The molecule has 8 N–H and O–H groups in total. The molecular formula is C22H32N4O8. The van der Waals surface area contributed by atoms with Crippen LogP contribution in [0, 0.1) is 5.92 Å². The Balaban J connectivity index is 3.03. The molecule has 12 heteroatoms. The van der Waals surface area contributed by atoms with Crippen molar-refractivity contribution >= 4 is 29.7 Å². The van der Waals surface area contributed by atoms with Crippen LogP contribution in [0.5, 0.6) is 5.75 Å². The predicted molar refractivity (Wildman–Crippen MR) is 121 cm³/mol. The number of hydrogen-bond donors (Lipinski definition) is 7. The van der Waals surface area contributed by atoms with Gasteiger partial charge in [-0.1, -0.05) is 32.4 Å². The highest BCUT2D eigenvalue weighted by Gasteiger charge is 2.31. The zero-order valence-corrected chi connectivity index (χ0v) is 19.1. The average Bonchev–Trinajstić information content (AvgIpc) is 2.79. The molecule has 3 amide bonds. The number of rotatable bonds is 14. The number of hydrogen-bond acceptors (Lipinski definition) is 7. The molecule has 0 saturated carbocycles. The fourth-order valence-corrected chi connectivity index (χ4v) is 3.07. The van der Waals surface area contributed by atoms with Crippen LogP contribution in [0.15, 0.2) is 24.3 Å². The number of amides is 3. The summed E-state index contributed by atoms with van der Waals surface area (Å²) in [6.07, 6.45) is -0.348. The number of nitrogens with one attached hydrogen (secondary N) is 3. The molecule has 0 spiro atoms. The molecule has 1 aromatic carbocycles. The highest BCUT2D eigenvalue weighted by atomic mass is 16.4. The van der Waals surface area contributed by atoms with Gasteiger partial charge < -0.3 is 37.0 Å². The number of phenols is 1. The van der Waals surface area contributed by atoms with Crippen molar-refractivity contribution < 1.29 is 39.3 Å². The summed E-state index contributed by atoms with van der Waals surface area (Å²) in [4.78, 5) is 60.2. The van der Waals surface area contributed by atoms with Crippen molar-refractivity contribution in [2.24, 2.45) is 11.7 Å². The minimum Gasteiger partial charge on any atom is -0.508 e. The van der Waals surface area contributed by atoms with Gasteiger partial charge in [-0.25, -0.2) is 4.79 Å². The van der Waals surface area contributed by atoms with Crippen LogP contribution in [0.2, 0.25) is 0 Å². The first-order valence-corrected chi connectivity index (χ1v) is 10.8. The van der Waals surface area contributed by atoms with Gasteiger partial charge in [0.15, 0.2) is 0 Å². The van der Waals surface area contributed by atoms with Crippen LogP contribution < -0.4 is 21.7 Å². The van der Waals surface area contributed by atoms with Crippen molar-refractivity contribution in [1.82, 2.24) is 16.0 Å². The van der Waals surface area contributed by atoms with E-state index < -0.39 is 54.2 Å². The standard InChI is InChI=1S/C22H32N4O8/c1-3-12(2)19(26-17(28)11-23)21(32)24-15(8-9-18(29)30)20(31)25-16(22(33)34)10-13-4-6-14(27)7-5-13/h4-7,12,15-16,19,27H,3,8-11,23H2,1-2H3,(H,24,32)(H,25,31)(H,26,28)(H,29,30)(H,33,34). The second-order valence-electron chi connectivity index (χ2n) is 7.90. The number of nitrogens with two attached hydrogens (primary N) is 1. The molecule has 0 aliphatic carbocycles. The smallest absolute Gasteiger partial charge is 0.326 e. The summed E-state index contributed by atoms with van der Waals surface area (Å²) in [6, 6.07) is 1.99. The molecule has 34 heavy (non-hydrogen) atoms. The highest BCUT2D eigenvalue weighted by Crippen LogP contribution is 2.13. The summed E-state index contributed by atoms with van der Waals surface area (Å²) in [5, 5.41) is 35.2. The molecule has 0 aliphatic rings. The summed E-state index contributed by atoms with van der Waals surface area (Å²) >= 11 is 0. The summed E-state index contributed by atoms with van der Waals surface area (Å²) in [7, 11) is 0. The van der Waals surface area contributed by atoms with Gasteiger partial charge in [0.25, 0.3) is 0 Å². The summed E-state index contributed by atoms with van der Waals surface area (Å²) in [5.74, 6) is -5.04. The van der Waals surface area contributed by atoms with Gasteiger partial charge in [-0.3, -0.25) is 19.2 Å². The lowest BCUT2D eigenvalue weighted by molar-refractivity contribution is -0.143. The van der Waals surface area contributed by atoms with Gasteiger partial charge in [0, 0.05) is 12.8 Å². The molecule has 1 aromatic rings. The number of carboxylic acid groups (broad SMARTS) is 2. The van der Waals surface area contributed by atoms with E-state index in [0.29, 0.717) is 12.0 Å². The number of aliphatic carboxylic acids is 2. The molecule has 4 unspecified atom stereocenters.